The van der Waals surface area contributed by atoms with Crippen LogP contribution in [0.1, 0.15) is 11.1 Å². The Kier molecular flexibility index (Phi) is 6.46. The monoisotopic (exact) mass is 484 g/mol. The maximum absolute atomic E-state index is 14.5. The van der Waals surface area contributed by atoms with Crippen molar-refractivity contribution in [2.45, 2.75) is 6.92 Å². The first-order chi connectivity index (χ1) is 16.0. The van der Waals surface area contributed by atoms with Gasteiger partial charge in [0.05, 0.1) is 27.9 Å². The molecule has 0 bridgehead atoms. The number of aromatic amines is 1. The first-order valence-electron chi connectivity index (χ1n) is 10.5. The molecule has 10 heteroatoms. The molecule has 1 aliphatic heterocycles. The predicted molar refractivity (Wildman–Crippen MR) is 126 cm³/mol. The smallest absolute Gasteiger partial charge is 0.182 e. The van der Waals surface area contributed by atoms with Crippen LogP contribution in [0.4, 0.5) is 18.9 Å². The molecule has 1 saturated heterocycles. The maximum Gasteiger partial charge on any atom is 0.182 e. The molecule has 174 valence electrons. The van der Waals surface area contributed by atoms with Gasteiger partial charge in [0.15, 0.2) is 17.3 Å². The largest absolute Gasteiger partial charge is 0.369 e. The number of pyridine rings is 1. The van der Waals surface area contributed by atoms with Gasteiger partial charge in [-0.25, -0.2) is 18.2 Å². The number of aryl methyl sites for hydroxylation is 1. The van der Waals surface area contributed by atoms with Crippen LogP contribution in [0, 0.1) is 35.7 Å². The van der Waals surface area contributed by atoms with Gasteiger partial charge in [-0.15, -0.1) is 12.4 Å². The molecule has 6 nitrogen and oxygen atoms in total. The normalized spacial score (nSPS) is 13.6. The number of fused-ring (bicyclic) bond motifs is 1. The lowest BCUT2D eigenvalue weighted by molar-refractivity contribution is 0.498. The van der Waals surface area contributed by atoms with Gasteiger partial charge < -0.3 is 10.2 Å². The summed E-state index contributed by atoms with van der Waals surface area (Å²) < 4.78 is 42.7. The number of benzene rings is 2. The molecular weight excluding hydrogens is 465 g/mol. The highest BCUT2D eigenvalue weighted by molar-refractivity contribution is 5.97. The van der Waals surface area contributed by atoms with Crippen LogP contribution in [0.2, 0.25) is 0 Å². The number of anilines is 1. The van der Waals surface area contributed by atoms with Crippen molar-refractivity contribution in [3.8, 4) is 28.6 Å². The lowest BCUT2D eigenvalue weighted by Crippen LogP contribution is -2.43. The zero-order chi connectivity index (χ0) is 23.1. The van der Waals surface area contributed by atoms with Crippen LogP contribution in [0.15, 0.2) is 36.4 Å². The van der Waals surface area contributed by atoms with Crippen LogP contribution < -0.4 is 10.2 Å². The Bertz CT molecular complexity index is 1410. The third kappa shape index (κ3) is 3.85. The molecule has 0 spiro atoms. The number of piperazine rings is 1. The molecule has 1 aliphatic rings. The van der Waals surface area contributed by atoms with E-state index < -0.39 is 23.0 Å². The summed E-state index contributed by atoms with van der Waals surface area (Å²) in [6.45, 7) is 5.39. The molecular formula is C24H20ClF3N6. The number of nitrogens with zero attached hydrogens (tertiary/aromatic N) is 4. The van der Waals surface area contributed by atoms with Crippen molar-refractivity contribution < 1.29 is 13.2 Å². The number of rotatable bonds is 3. The molecule has 3 heterocycles. The molecule has 0 unspecified atom stereocenters. The number of hydrogen-bond donors (Lipinski definition) is 2. The lowest BCUT2D eigenvalue weighted by atomic mass is 9.97. The second-order valence-corrected chi connectivity index (χ2v) is 7.87. The highest BCUT2D eigenvalue weighted by Crippen LogP contribution is 2.36. The van der Waals surface area contributed by atoms with Gasteiger partial charge >= 0.3 is 0 Å². The summed E-state index contributed by atoms with van der Waals surface area (Å²) in [6, 6.07) is 11.4. The minimum Gasteiger partial charge on any atom is -0.369 e. The average Bonchev–Trinajstić information content (AvgIpc) is 3.27. The van der Waals surface area contributed by atoms with E-state index in [1.165, 1.54) is 0 Å². The quantitative estimate of drug-likeness (QED) is 0.411. The van der Waals surface area contributed by atoms with Gasteiger partial charge in [-0.1, -0.05) is 12.1 Å². The summed E-state index contributed by atoms with van der Waals surface area (Å²) in [5.41, 5.74) is 2.24. The van der Waals surface area contributed by atoms with E-state index in [9.17, 15) is 18.4 Å². The molecule has 2 N–H and O–H groups in total. The van der Waals surface area contributed by atoms with Crippen LogP contribution in [-0.2, 0) is 0 Å². The van der Waals surface area contributed by atoms with Gasteiger partial charge in [0.2, 0.25) is 0 Å². The maximum atomic E-state index is 14.5. The molecule has 0 atom stereocenters. The SMILES string of the molecule is Cc1c(C#N)c(-c2c(F)ccc(F)c2F)nc2n[nH]c(-c3ccc(N4CCNCC4)cc3)c12.Cl. The van der Waals surface area contributed by atoms with Crippen molar-refractivity contribution in [3.63, 3.8) is 0 Å². The van der Waals surface area contributed by atoms with Crippen LogP contribution in [0.25, 0.3) is 33.5 Å². The van der Waals surface area contributed by atoms with Crippen molar-refractivity contribution in [3.05, 3.63) is 65.0 Å². The number of nitrogens with one attached hydrogen (secondary N) is 2. The van der Waals surface area contributed by atoms with Crippen LogP contribution in [0.3, 0.4) is 0 Å². The Morgan fingerprint density at radius 2 is 1.68 bits per heavy atom. The molecule has 1 fully saturated rings. The third-order valence-corrected chi connectivity index (χ3v) is 5.98. The second-order valence-electron chi connectivity index (χ2n) is 7.87. The van der Waals surface area contributed by atoms with Gasteiger partial charge in [-0.3, -0.25) is 5.10 Å². The Hall–Kier alpha value is -3.61. The van der Waals surface area contributed by atoms with Gasteiger partial charge in [-0.2, -0.15) is 10.4 Å². The van der Waals surface area contributed by atoms with E-state index in [1.54, 1.807) is 6.92 Å². The summed E-state index contributed by atoms with van der Waals surface area (Å²) in [5, 5.41) is 20.8. The minimum absolute atomic E-state index is 0. The van der Waals surface area contributed by atoms with Crippen molar-refractivity contribution in [1.82, 2.24) is 20.5 Å². The molecule has 0 radical (unpaired) electrons. The van der Waals surface area contributed by atoms with E-state index in [2.05, 4.69) is 25.4 Å². The van der Waals surface area contributed by atoms with E-state index in [4.69, 9.17) is 0 Å². The van der Waals surface area contributed by atoms with E-state index in [0.717, 1.165) is 43.5 Å². The zero-order valence-corrected chi connectivity index (χ0v) is 18.9. The number of hydrogen-bond acceptors (Lipinski definition) is 5. The molecule has 5 rings (SSSR count). The van der Waals surface area contributed by atoms with Crippen LogP contribution in [0.5, 0.6) is 0 Å². The molecule has 4 aromatic rings. The molecule has 0 amide bonds. The number of halogens is 4. The Morgan fingerprint density at radius 1 is 1.00 bits per heavy atom. The Balaban J connectivity index is 0.00000274. The number of H-pyrrole nitrogens is 1. The van der Waals surface area contributed by atoms with Gasteiger partial charge in [-0.05, 0) is 36.8 Å². The van der Waals surface area contributed by atoms with Gasteiger partial charge in [0.1, 0.15) is 11.9 Å². The van der Waals surface area contributed by atoms with Crippen molar-refractivity contribution in [1.29, 1.82) is 5.26 Å². The Morgan fingerprint density at radius 3 is 2.35 bits per heavy atom. The average molecular weight is 485 g/mol. The fourth-order valence-electron chi connectivity index (χ4n) is 4.27. The number of nitriles is 1. The highest BCUT2D eigenvalue weighted by Gasteiger charge is 2.25. The topological polar surface area (TPSA) is 80.6 Å². The van der Waals surface area contributed by atoms with Crippen molar-refractivity contribution in [2.24, 2.45) is 0 Å². The van der Waals surface area contributed by atoms with E-state index >= 15 is 0 Å². The highest BCUT2D eigenvalue weighted by atomic mass is 35.5. The fraction of sp³-hybridized carbons (Fsp3) is 0.208. The lowest BCUT2D eigenvalue weighted by Gasteiger charge is -2.29. The molecule has 34 heavy (non-hydrogen) atoms. The molecule has 2 aromatic carbocycles. The Labute approximate surface area is 199 Å². The predicted octanol–water partition coefficient (Wildman–Crippen LogP) is 4.72. The van der Waals surface area contributed by atoms with Crippen LogP contribution in [-0.4, -0.2) is 41.4 Å². The summed E-state index contributed by atoms with van der Waals surface area (Å²) in [6.07, 6.45) is 0. The minimum atomic E-state index is -1.39. The molecule has 0 saturated carbocycles. The first kappa shape index (κ1) is 23.5. The van der Waals surface area contributed by atoms with E-state index in [0.29, 0.717) is 22.7 Å². The summed E-state index contributed by atoms with van der Waals surface area (Å²) in [4.78, 5) is 6.54. The standard InChI is InChI=1S/C24H19F3N6.ClH/c1-13-16(12-28)23(20-17(25)6-7-18(26)21(20)27)30-24-19(13)22(31-32-24)14-2-4-15(5-3-14)33-10-8-29-9-11-33;/h2-7,29H,8-11H2,1H3,(H,30,31,32);1H. The van der Waals surface area contributed by atoms with E-state index in [1.807, 2.05) is 30.3 Å². The van der Waals surface area contributed by atoms with Gasteiger partial charge in [0.25, 0.3) is 0 Å². The van der Waals surface area contributed by atoms with Crippen molar-refractivity contribution >= 4 is 29.1 Å². The molecule has 0 aliphatic carbocycles. The second kappa shape index (κ2) is 9.33. The zero-order valence-electron chi connectivity index (χ0n) is 18.1. The fourth-order valence-corrected chi connectivity index (χ4v) is 4.27. The van der Waals surface area contributed by atoms with Crippen LogP contribution >= 0.6 is 12.4 Å². The summed E-state index contributed by atoms with van der Waals surface area (Å²) in [7, 11) is 0. The van der Waals surface area contributed by atoms with Crippen molar-refractivity contribution in [2.75, 3.05) is 31.1 Å². The first-order valence-corrected chi connectivity index (χ1v) is 10.5. The number of aromatic nitrogens is 3. The third-order valence-electron chi connectivity index (χ3n) is 5.98. The summed E-state index contributed by atoms with van der Waals surface area (Å²) in [5.74, 6) is -3.62. The molecule has 2 aromatic heterocycles. The summed E-state index contributed by atoms with van der Waals surface area (Å²) >= 11 is 0. The van der Waals surface area contributed by atoms with Gasteiger partial charge in [0, 0.05) is 37.4 Å². The van der Waals surface area contributed by atoms with E-state index in [-0.39, 0.29) is 29.3 Å².